The molecule has 1 N–H and O–H groups in total. The van der Waals surface area contributed by atoms with E-state index in [4.69, 9.17) is 0 Å². The number of benzene rings is 2. The maximum Gasteiger partial charge on any atom is 1.00 e. The number of nitrogens with one attached hydrogen (secondary N) is 1. The summed E-state index contributed by atoms with van der Waals surface area (Å²) in [6.45, 7) is 4.18. The van der Waals surface area contributed by atoms with Crippen molar-refractivity contribution in [3.63, 3.8) is 0 Å². The van der Waals surface area contributed by atoms with E-state index in [1.54, 1.807) is 0 Å². The van der Waals surface area contributed by atoms with Gasteiger partial charge in [-0.2, -0.15) is 7.05 Å². The summed E-state index contributed by atoms with van der Waals surface area (Å²) in [4.78, 5) is 4.04. The first-order chi connectivity index (χ1) is 9.15. The van der Waals surface area contributed by atoms with Crippen molar-refractivity contribution in [3.05, 3.63) is 66.2 Å². The topological polar surface area (TPSA) is 24.4 Å². The number of nitrogens with zero attached hydrogens (tertiary/aromatic N) is 1. The average Bonchev–Trinajstić information content (AvgIpc) is 2.43. The van der Waals surface area contributed by atoms with E-state index in [2.05, 4.69) is 73.7 Å². The van der Waals surface area contributed by atoms with Gasteiger partial charge in [-0.1, -0.05) is 59.2 Å². The molecule has 0 heterocycles. The summed E-state index contributed by atoms with van der Waals surface area (Å²) in [6.07, 6.45) is 0. The van der Waals surface area contributed by atoms with Crippen molar-refractivity contribution >= 4 is 5.84 Å². The first-order valence-corrected chi connectivity index (χ1v) is 6.35. The zero-order valence-corrected chi connectivity index (χ0v) is 15.8. The van der Waals surface area contributed by atoms with Crippen molar-refractivity contribution < 1.29 is 51.4 Å². The van der Waals surface area contributed by atoms with Crippen molar-refractivity contribution in [2.45, 2.75) is 13.8 Å². The number of aliphatic imine (C=N–C) groups is 1. The number of amidine groups is 1. The van der Waals surface area contributed by atoms with Gasteiger partial charge in [0.25, 0.3) is 0 Å². The van der Waals surface area contributed by atoms with Gasteiger partial charge < -0.3 is 10.3 Å². The summed E-state index contributed by atoms with van der Waals surface area (Å²) >= 11 is 0. The maximum atomic E-state index is 4.04. The molecule has 0 atom stereocenters. The Morgan fingerprint density at radius 1 is 1.00 bits per heavy atom. The molecule has 0 aliphatic heterocycles. The van der Waals surface area contributed by atoms with Crippen LogP contribution in [0.15, 0.2) is 47.5 Å². The predicted molar refractivity (Wildman–Crippen MR) is 82.3 cm³/mol. The van der Waals surface area contributed by atoms with Crippen LogP contribution in [0.3, 0.4) is 0 Å². The number of rotatable bonds is 2. The molecular weight excluding hydrogens is 271 g/mol. The Morgan fingerprint density at radius 3 is 2.15 bits per heavy atom. The number of aryl methyl sites for hydroxylation is 2. The van der Waals surface area contributed by atoms with E-state index in [1.165, 1.54) is 22.3 Å². The Morgan fingerprint density at radius 2 is 1.60 bits per heavy atom. The molecule has 0 radical (unpaired) electrons. The van der Waals surface area contributed by atoms with Gasteiger partial charge in [0.1, 0.15) is 0 Å². The minimum absolute atomic E-state index is 0. The molecule has 0 unspecified atom stereocenters. The van der Waals surface area contributed by atoms with E-state index in [-0.39, 0.29) is 51.4 Å². The second-order valence-corrected chi connectivity index (χ2v) is 4.65. The van der Waals surface area contributed by atoms with Crippen LogP contribution in [0.2, 0.25) is 0 Å². The van der Waals surface area contributed by atoms with Gasteiger partial charge in [0.2, 0.25) is 0 Å². The third-order valence-corrected chi connectivity index (χ3v) is 3.27. The van der Waals surface area contributed by atoms with Crippen molar-refractivity contribution in [3.8, 4) is 11.1 Å². The Labute approximate surface area is 164 Å². The number of hydrogen-bond acceptors (Lipinski definition) is 1. The van der Waals surface area contributed by atoms with Crippen LogP contribution in [0.25, 0.3) is 11.1 Å². The van der Waals surface area contributed by atoms with Gasteiger partial charge in [-0.15, -0.1) is 0 Å². The first kappa shape index (κ1) is 17.5. The van der Waals surface area contributed by atoms with Crippen LogP contribution in [0.5, 0.6) is 0 Å². The van der Waals surface area contributed by atoms with Gasteiger partial charge >= 0.3 is 51.4 Å². The zero-order chi connectivity index (χ0) is 13.8. The van der Waals surface area contributed by atoms with Crippen molar-refractivity contribution in [2.24, 2.45) is 4.99 Å². The quantitative estimate of drug-likeness (QED) is 0.375. The van der Waals surface area contributed by atoms with Crippen LogP contribution in [-0.4, -0.2) is 12.9 Å². The normalized spacial score (nSPS) is 10.8. The predicted octanol–water partition coefficient (Wildman–Crippen LogP) is 0.732. The van der Waals surface area contributed by atoms with E-state index in [1.807, 2.05) is 7.05 Å². The first-order valence-electron chi connectivity index (χ1n) is 6.35. The van der Waals surface area contributed by atoms with Gasteiger partial charge in [0.15, 0.2) is 0 Å². The minimum atomic E-state index is 0. The summed E-state index contributed by atoms with van der Waals surface area (Å²) in [5.74, 6) is 0.812. The monoisotopic (exact) mass is 290 g/mol. The van der Waals surface area contributed by atoms with E-state index < -0.39 is 0 Å². The van der Waals surface area contributed by atoms with Crippen molar-refractivity contribution in [1.29, 1.82) is 0 Å². The average molecular weight is 290 g/mol. The molecule has 2 aromatic carbocycles. The Balaban J connectivity index is 0.00000200. The van der Waals surface area contributed by atoms with E-state index in [0.717, 1.165) is 11.4 Å². The molecule has 2 aromatic rings. The molecule has 98 valence electrons. The Bertz CT molecular complexity index is 601. The largest absolute Gasteiger partial charge is 1.00 e. The number of hydrogen-bond donors (Lipinski definition) is 1. The summed E-state index contributed by atoms with van der Waals surface area (Å²) in [5.41, 5.74) is 5.96. The Kier molecular flexibility index (Phi) is 6.99. The van der Waals surface area contributed by atoms with Gasteiger partial charge in [-0.3, -0.25) is 0 Å². The molecule has 0 aliphatic carbocycles. The molecule has 2 rings (SSSR count). The van der Waals surface area contributed by atoms with Crippen LogP contribution in [0, 0.1) is 20.9 Å². The molecule has 0 saturated carbocycles. The SMILES string of the molecule is [CH2-]N=C(NC)c1cc(-c2ccc(C)cc2)ccc1C.[K+]. The van der Waals surface area contributed by atoms with Crippen LogP contribution in [-0.2, 0) is 0 Å². The van der Waals surface area contributed by atoms with Crippen LogP contribution in [0.1, 0.15) is 16.7 Å². The van der Waals surface area contributed by atoms with Crippen molar-refractivity contribution in [1.82, 2.24) is 5.32 Å². The smallest absolute Gasteiger partial charge is 0.449 e. The third kappa shape index (κ3) is 3.96. The molecule has 0 spiro atoms. The summed E-state index contributed by atoms with van der Waals surface area (Å²) < 4.78 is 0. The summed E-state index contributed by atoms with van der Waals surface area (Å²) in [5, 5.41) is 3.08. The molecule has 0 fully saturated rings. The summed E-state index contributed by atoms with van der Waals surface area (Å²) in [6, 6.07) is 15.0. The molecular formula is C17H19KN2. The van der Waals surface area contributed by atoms with Gasteiger partial charge in [0.05, 0.1) is 0 Å². The molecule has 0 aromatic heterocycles. The molecule has 0 amide bonds. The van der Waals surface area contributed by atoms with E-state index in [0.29, 0.717) is 0 Å². The van der Waals surface area contributed by atoms with Crippen molar-refractivity contribution in [2.75, 3.05) is 7.05 Å². The van der Waals surface area contributed by atoms with Crippen LogP contribution < -0.4 is 56.7 Å². The molecule has 20 heavy (non-hydrogen) atoms. The molecule has 0 saturated heterocycles. The fraction of sp³-hybridized carbons (Fsp3) is 0.176. The fourth-order valence-electron chi connectivity index (χ4n) is 2.10. The summed E-state index contributed by atoms with van der Waals surface area (Å²) in [7, 11) is 5.48. The second-order valence-electron chi connectivity index (χ2n) is 4.65. The zero-order valence-electron chi connectivity index (χ0n) is 12.7. The van der Waals surface area contributed by atoms with Gasteiger partial charge in [0, 0.05) is 0 Å². The molecule has 3 heteroatoms. The molecule has 0 aliphatic rings. The van der Waals surface area contributed by atoms with Gasteiger partial charge in [-0.25, -0.2) is 0 Å². The molecule has 0 bridgehead atoms. The van der Waals surface area contributed by atoms with Crippen LogP contribution >= 0.6 is 0 Å². The Hall–Kier alpha value is -0.584. The van der Waals surface area contributed by atoms with Gasteiger partial charge in [-0.05, 0) is 37.9 Å². The van der Waals surface area contributed by atoms with E-state index >= 15 is 0 Å². The van der Waals surface area contributed by atoms with E-state index in [9.17, 15) is 0 Å². The standard InChI is InChI=1S/C17H19N2.K/c1-12-5-8-14(9-6-12)15-10-7-13(2)16(11-15)17(18-3)19-4;/h5-11H,3H2,1-2,4H3,(H,18,19);/q-1;+1. The minimum Gasteiger partial charge on any atom is -0.449 e. The third-order valence-electron chi connectivity index (χ3n) is 3.27. The fourth-order valence-corrected chi connectivity index (χ4v) is 2.10. The maximum absolute atomic E-state index is 4.04. The molecule has 2 nitrogen and oxygen atoms in total. The van der Waals surface area contributed by atoms with Crippen LogP contribution in [0.4, 0.5) is 0 Å². The second kappa shape index (κ2) is 8.01.